The number of hydrogen-bond donors (Lipinski definition) is 5. The largest absolute Gasteiger partial charge is 0.504 e. The van der Waals surface area contributed by atoms with Crippen LogP contribution in [0.3, 0.4) is 0 Å². The van der Waals surface area contributed by atoms with Gasteiger partial charge in [-0.1, -0.05) is 12.1 Å². The summed E-state index contributed by atoms with van der Waals surface area (Å²) >= 11 is 0. The summed E-state index contributed by atoms with van der Waals surface area (Å²) in [7, 11) is 0. The number of amides is 1. The minimum Gasteiger partial charge on any atom is -0.504 e. The second-order valence-electron chi connectivity index (χ2n) is 5.44. The molecular weight excluding hydrogens is 342 g/mol. The molecule has 0 aliphatic carbocycles. The number of benzene rings is 2. The van der Waals surface area contributed by atoms with Crippen LogP contribution in [-0.2, 0) is 20.7 Å². The summed E-state index contributed by atoms with van der Waals surface area (Å²) in [4.78, 5) is 23.4. The van der Waals surface area contributed by atoms with E-state index in [-0.39, 0.29) is 29.4 Å². The fourth-order valence-corrected chi connectivity index (χ4v) is 2.10. The molecule has 2 rings (SSSR count). The second kappa shape index (κ2) is 7.93. The average molecular weight is 359 g/mol. The van der Waals surface area contributed by atoms with E-state index in [1.54, 1.807) is 0 Å². The van der Waals surface area contributed by atoms with Gasteiger partial charge in [-0.15, -0.1) is 0 Å². The quantitative estimate of drug-likeness (QED) is 0.295. The van der Waals surface area contributed by atoms with Crippen molar-refractivity contribution in [3.05, 3.63) is 53.6 Å². The van der Waals surface area contributed by atoms with Crippen LogP contribution in [0.2, 0.25) is 0 Å². The van der Waals surface area contributed by atoms with E-state index in [1.807, 2.05) is 0 Å². The fourth-order valence-electron chi connectivity index (χ4n) is 2.10. The van der Waals surface area contributed by atoms with Crippen molar-refractivity contribution in [1.29, 1.82) is 0 Å². The topological polar surface area (TPSA) is 150 Å². The first kappa shape index (κ1) is 18.7. The zero-order valence-corrected chi connectivity index (χ0v) is 13.5. The molecule has 0 heterocycles. The molecular formula is C18H17NO7. The van der Waals surface area contributed by atoms with Gasteiger partial charge in [-0.05, 0) is 41.5 Å². The molecule has 0 saturated heterocycles. The van der Waals surface area contributed by atoms with Crippen LogP contribution in [0.5, 0.6) is 23.0 Å². The summed E-state index contributed by atoms with van der Waals surface area (Å²) in [5, 5.41) is 37.4. The highest BCUT2D eigenvalue weighted by Crippen LogP contribution is 2.26. The van der Waals surface area contributed by atoms with Crippen LogP contribution in [0.1, 0.15) is 11.1 Å². The number of rotatable bonds is 6. The zero-order valence-electron chi connectivity index (χ0n) is 13.5. The third-order valence-corrected chi connectivity index (χ3v) is 3.45. The number of nitrogens with two attached hydrogens (primary N) is 1. The third kappa shape index (κ3) is 4.91. The van der Waals surface area contributed by atoms with Gasteiger partial charge < -0.3 is 30.9 Å². The van der Waals surface area contributed by atoms with Gasteiger partial charge in [0.05, 0.1) is 0 Å². The van der Waals surface area contributed by atoms with Gasteiger partial charge in [0.15, 0.2) is 29.1 Å². The van der Waals surface area contributed by atoms with Gasteiger partial charge in [-0.2, -0.15) is 0 Å². The summed E-state index contributed by atoms with van der Waals surface area (Å²) < 4.78 is 5.01. The maximum absolute atomic E-state index is 11.9. The molecule has 2 aromatic rings. The molecule has 0 bridgehead atoms. The second-order valence-corrected chi connectivity index (χ2v) is 5.44. The van der Waals surface area contributed by atoms with Crippen molar-refractivity contribution >= 4 is 18.0 Å². The maximum Gasteiger partial charge on any atom is 0.331 e. The standard InChI is InChI=1S/C18H17NO7/c19-18(25)16(9-11-2-5-13(21)15(23)8-11)26-17(24)6-3-10-1-4-12(20)14(22)7-10/h1-8,16,20-23H,9H2,(H2,19,25)/b6-3+. The Kier molecular flexibility index (Phi) is 5.69. The number of aromatic hydroxyl groups is 4. The molecule has 0 aliphatic rings. The molecule has 26 heavy (non-hydrogen) atoms. The van der Waals surface area contributed by atoms with Crippen LogP contribution >= 0.6 is 0 Å². The molecule has 8 nitrogen and oxygen atoms in total. The lowest BCUT2D eigenvalue weighted by Gasteiger charge is -2.14. The van der Waals surface area contributed by atoms with Crippen LogP contribution in [0.25, 0.3) is 6.08 Å². The monoisotopic (exact) mass is 359 g/mol. The van der Waals surface area contributed by atoms with E-state index in [0.29, 0.717) is 11.1 Å². The van der Waals surface area contributed by atoms with Gasteiger partial charge in [0.2, 0.25) is 0 Å². The van der Waals surface area contributed by atoms with E-state index in [4.69, 9.17) is 10.5 Å². The third-order valence-electron chi connectivity index (χ3n) is 3.45. The predicted molar refractivity (Wildman–Crippen MR) is 91.4 cm³/mol. The first-order valence-electron chi connectivity index (χ1n) is 7.47. The van der Waals surface area contributed by atoms with Gasteiger partial charge in [0.25, 0.3) is 5.91 Å². The van der Waals surface area contributed by atoms with Crippen LogP contribution < -0.4 is 5.73 Å². The lowest BCUT2D eigenvalue weighted by molar-refractivity contribution is -0.149. The van der Waals surface area contributed by atoms with Crippen LogP contribution in [0.4, 0.5) is 0 Å². The summed E-state index contributed by atoms with van der Waals surface area (Å²) in [5.74, 6) is -3.05. The van der Waals surface area contributed by atoms with Gasteiger partial charge in [0.1, 0.15) is 0 Å². The highest BCUT2D eigenvalue weighted by molar-refractivity contribution is 5.90. The normalized spacial score (nSPS) is 12.0. The predicted octanol–water partition coefficient (Wildman–Crippen LogP) is 1.16. The molecule has 0 saturated carbocycles. The molecule has 0 spiro atoms. The van der Waals surface area contributed by atoms with Crippen molar-refractivity contribution in [1.82, 2.24) is 0 Å². The molecule has 1 amide bonds. The summed E-state index contributed by atoms with van der Waals surface area (Å²) in [6.07, 6.45) is 1.01. The van der Waals surface area contributed by atoms with E-state index in [1.165, 1.54) is 42.5 Å². The minimum atomic E-state index is -1.27. The summed E-state index contributed by atoms with van der Waals surface area (Å²) in [6.45, 7) is 0. The number of carbonyl (C=O) groups is 2. The number of carbonyl (C=O) groups excluding carboxylic acids is 2. The highest BCUT2D eigenvalue weighted by atomic mass is 16.5. The number of primary amides is 1. The molecule has 2 aromatic carbocycles. The van der Waals surface area contributed by atoms with Crippen molar-refractivity contribution in [3.63, 3.8) is 0 Å². The minimum absolute atomic E-state index is 0.0806. The maximum atomic E-state index is 11.9. The lowest BCUT2D eigenvalue weighted by Crippen LogP contribution is -2.34. The Hall–Kier alpha value is -3.68. The lowest BCUT2D eigenvalue weighted by atomic mass is 10.1. The molecule has 0 aromatic heterocycles. The molecule has 0 fully saturated rings. The first-order valence-corrected chi connectivity index (χ1v) is 7.47. The number of ether oxygens (including phenoxy) is 1. The molecule has 1 atom stereocenters. The molecule has 136 valence electrons. The molecule has 6 N–H and O–H groups in total. The number of phenols is 4. The number of phenolic OH excluding ortho intramolecular Hbond substituents is 4. The Morgan fingerprint density at radius 1 is 0.962 bits per heavy atom. The summed E-state index contributed by atoms with van der Waals surface area (Å²) in [6, 6.07) is 7.88. The van der Waals surface area contributed by atoms with Gasteiger partial charge in [0, 0.05) is 12.5 Å². The van der Waals surface area contributed by atoms with Crippen molar-refractivity contribution < 1.29 is 34.8 Å². The summed E-state index contributed by atoms with van der Waals surface area (Å²) in [5.41, 5.74) is 6.09. The SMILES string of the molecule is NC(=O)C(Cc1ccc(O)c(O)c1)OC(=O)/C=C/c1ccc(O)c(O)c1. The smallest absolute Gasteiger partial charge is 0.331 e. The van der Waals surface area contributed by atoms with Gasteiger partial charge in [-0.3, -0.25) is 4.79 Å². The van der Waals surface area contributed by atoms with Gasteiger partial charge >= 0.3 is 5.97 Å². The van der Waals surface area contributed by atoms with Crippen molar-refractivity contribution in [2.75, 3.05) is 0 Å². The Labute approximate surface area is 148 Å². The first-order chi connectivity index (χ1) is 12.3. The van der Waals surface area contributed by atoms with Crippen molar-refractivity contribution in [2.45, 2.75) is 12.5 Å². The van der Waals surface area contributed by atoms with Crippen molar-refractivity contribution in [3.8, 4) is 23.0 Å². The Morgan fingerprint density at radius 2 is 1.58 bits per heavy atom. The van der Waals surface area contributed by atoms with Gasteiger partial charge in [-0.25, -0.2) is 4.79 Å². The van der Waals surface area contributed by atoms with E-state index in [2.05, 4.69) is 0 Å². The van der Waals surface area contributed by atoms with Crippen LogP contribution in [0.15, 0.2) is 42.5 Å². The van der Waals surface area contributed by atoms with E-state index >= 15 is 0 Å². The highest BCUT2D eigenvalue weighted by Gasteiger charge is 2.20. The Balaban J connectivity index is 2.05. The van der Waals surface area contributed by atoms with Crippen LogP contribution in [0, 0.1) is 0 Å². The molecule has 8 heteroatoms. The molecule has 0 aliphatic heterocycles. The van der Waals surface area contributed by atoms with Crippen molar-refractivity contribution in [2.24, 2.45) is 5.73 Å². The zero-order chi connectivity index (χ0) is 19.3. The number of hydrogen-bond acceptors (Lipinski definition) is 7. The number of esters is 1. The van der Waals surface area contributed by atoms with E-state index in [9.17, 15) is 30.0 Å². The average Bonchev–Trinajstić information content (AvgIpc) is 2.58. The molecule has 1 unspecified atom stereocenters. The fraction of sp³-hybridized carbons (Fsp3) is 0.111. The van der Waals surface area contributed by atoms with E-state index in [0.717, 1.165) is 6.08 Å². The molecule has 0 radical (unpaired) electrons. The Bertz CT molecular complexity index is 861. The van der Waals surface area contributed by atoms with Crippen LogP contribution in [-0.4, -0.2) is 38.4 Å². The Morgan fingerprint density at radius 3 is 2.15 bits per heavy atom. The van der Waals surface area contributed by atoms with E-state index < -0.39 is 18.0 Å².